The second-order valence-electron chi connectivity index (χ2n) is 4.17. The van der Waals surface area contributed by atoms with Crippen molar-refractivity contribution < 1.29 is 9.53 Å². The Morgan fingerprint density at radius 2 is 2.06 bits per heavy atom. The Hall–Kier alpha value is -1.55. The van der Waals surface area contributed by atoms with Crippen LogP contribution in [-0.4, -0.2) is 25.6 Å². The molecular weight excluding hydrogens is 228 g/mol. The Bertz CT molecular complexity index is 349. The van der Waals surface area contributed by atoms with E-state index in [1.807, 2.05) is 24.3 Å². The van der Waals surface area contributed by atoms with Crippen molar-refractivity contribution >= 4 is 5.91 Å². The molecule has 4 heteroatoms. The van der Waals surface area contributed by atoms with Gasteiger partial charge in [-0.25, -0.2) is 0 Å². The molecule has 1 aromatic carbocycles. The number of nitrogens with one attached hydrogen (secondary N) is 1. The predicted octanol–water partition coefficient (Wildman–Crippen LogP) is 1.48. The molecule has 0 spiro atoms. The molecule has 100 valence electrons. The van der Waals surface area contributed by atoms with Gasteiger partial charge in [-0.1, -0.05) is 25.5 Å². The van der Waals surface area contributed by atoms with Gasteiger partial charge in [-0.05, 0) is 37.1 Å². The van der Waals surface area contributed by atoms with Crippen LogP contribution in [-0.2, 0) is 11.2 Å². The topological polar surface area (TPSA) is 64.3 Å². The highest BCUT2D eigenvalue weighted by atomic mass is 16.5. The number of ether oxygens (including phenoxy) is 1. The maximum atomic E-state index is 11.4. The summed E-state index contributed by atoms with van der Waals surface area (Å²) in [5.74, 6) is 0.635. The molecule has 3 N–H and O–H groups in total. The van der Waals surface area contributed by atoms with Crippen molar-refractivity contribution in [1.29, 1.82) is 0 Å². The Morgan fingerprint density at radius 3 is 2.67 bits per heavy atom. The number of unbranched alkanes of at least 4 members (excludes halogenated alkanes) is 1. The minimum atomic E-state index is -0.0746. The Morgan fingerprint density at radius 1 is 1.33 bits per heavy atom. The quantitative estimate of drug-likeness (QED) is 0.687. The molecule has 0 aliphatic carbocycles. The van der Waals surface area contributed by atoms with Crippen LogP contribution in [0.2, 0.25) is 0 Å². The molecule has 0 heterocycles. The van der Waals surface area contributed by atoms with Crippen molar-refractivity contribution in [3.8, 4) is 5.75 Å². The van der Waals surface area contributed by atoms with E-state index in [9.17, 15) is 4.79 Å². The molecule has 1 amide bonds. The van der Waals surface area contributed by atoms with Crippen LogP contribution in [0.3, 0.4) is 0 Å². The van der Waals surface area contributed by atoms with Gasteiger partial charge in [0, 0.05) is 6.54 Å². The summed E-state index contributed by atoms with van der Waals surface area (Å²) in [7, 11) is 0. The molecule has 1 rings (SSSR count). The SMILES string of the molecule is CCCCNC(=O)COc1ccc(CCN)cc1. The first-order valence-electron chi connectivity index (χ1n) is 6.44. The summed E-state index contributed by atoms with van der Waals surface area (Å²) in [4.78, 5) is 11.4. The molecular formula is C14H22N2O2. The van der Waals surface area contributed by atoms with Crippen molar-refractivity contribution in [1.82, 2.24) is 5.32 Å². The lowest BCUT2D eigenvalue weighted by Crippen LogP contribution is -2.29. The van der Waals surface area contributed by atoms with Crippen LogP contribution in [0.4, 0.5) is 0 Å². The Labute approximate surface area is 109 Å². The smallest absolute Gasteiger partial charge is 0.257 e. The zero-order valence-electron chi connectivity index (χ0n) is 10.9. The summed E-state index contributed by atoms with van der Waals surface area (Å²) in [6.45, 7) is 3.51. The molecule has 0 bridgehead atoms. The molecule has 0 atom stereocenters. The maximum absolute atomic E-state index is 11.4. The lowest BCUT2D eigenvalue weighted by molar-refractivity contribution is -0.123. The number of carbonyl (C=O) groups is 1. The first-order valence-corrected chi connectivity index (χ1v) is 6.44. The van der Waals surface area contributed by atoms with Gasteiger partial charge >= 0.3 is 0 Å². The summed E-state index contributed by atoms with van der Waals surface area (Å²) >= 11 is 0. The van der Waals surface area contributed by atoms with Crippen LogP contribution in [0.15, 0.2) is 24.3 Å². The number of rotatable bonds is 8. The Kier molecular flexibility index (Phi) is 6.87. The summed E-state index contributed by atoms with van der Waals surface area (Å²) in [5.41, 5.74) is 6.65. The molecule has 0 saturated heterocycles. The van der Waals surface area contributed by atoms with Gasteiger partial charge < -0.3 is 15.8 Å². The number of nitrogens with two attached hydrogens (primary N) is 1. The van der Waals surface area contributed by atoms with Crippen molar-refractivity contribution in [2.75, 3.05) is 19.7 Å². The number of hydrogen-bond acceptors (Lipinski definition) is 3. The molecule has 0 unspecified atom stereocenters. The fourth-order valence-electron chi connectivity index (χ4n) is 1.52. The molecule has 0 aliphatic rings. The third-order valence-electron chi connectivity index (χ3n) is 2.58. The highest BCUT2D eigenvalue weighted by Gasteiger charge is 2.01. The lowest BCUT2D eigenvalue weighted by Gasteiger charge is -2.07. The van der Waals surface area contributed by atoms with Crippen LogP contribution in [0.25, 0.3) is 0 Å². The second kappa shape index (κ2) is 8.53. The third kappa shape index (κ3) is 5.68. The maximum Gasteiger partial charge on any atom is 0.257 e. The van der Waals surface area contributed by atoms with E-state index in [-0.39, 0.29) is 12.5 Å². The molecule has 4 nitrogen and oxygen atoms in total. The van der Waals surface area contributed by atoms with Gasteiger partial charge in [0.05, 0.1) is 0 Å². The average Bonchev–Trinajstić information content (AvgIpc) is 2.39. The fourth-order valence-corrected chi connectivity index (χ4v) is 1.52. The zero-order valence-corrected chi connectivity index (χ0v) is 10.9. The van der Waals surface area contributed by atoms with Gasteiger partial charge in [-0.2, -0.15) is 0 Å². The number of carbonyl (C=O) groups excluding carboxylic acids is 1. The minimum absolute atomic E-state index is 0.0694. The number of benzene rings is 1. The van der Waals surface area contributed by atoms with E-state index in [2.05, 4.69) is 12.2 Å². The minimum Gasteiger partial charge on any atom is -0.484 e. The van der Waals surface area contributed by atoms with E-state index >= 15 is 0 Å². The van der Waals surface area contributed by atoms with Gasteiger partial charge in [0.15, 0.2) is 6.61 Å². The van der Waals surface area contributed by atoms with Crippen molar-refractivity contribution in [3.63, 3.8) is 0 Å². The highest BCUT2D eigenvalue weighted by Crippen LogP contribution is 2.12. The molecule has 18 heavy (non-hydrogen) atoms. The third-order valence-corrected chi connectivity index (χ3v) is 2.58. The first kappa shape index (κ1) is 14.5. The predicted molar refractivity (Wildman–Crippen MR) is 72.6 cm³/mol. The van der Waals surface area contributed by atoms with Crippen LogP contribution >= 0.6 is 0 Å². The number of amides is 1. The molecule has 0 saturated carbocycles. The van der Waals surface area contributed by atoms with Gasteiger partial charge in [-0.15, -0.1) is 0 Å². The van der Waals surface area contributed by atoms with E-state index in [4.69, 9.17) is 10.5 Å². The van der Waals surface area contributed by atoms with Crippen molar-refractivity contribution in [3.05, 3.63) is 29.8 Å². The first-order chi connectivity index (χ1) is 8.76. The molecule has 0 fully saturated rings. The standard InChI is InChI=1S/C14H22N2O2/c1-2-3-10-16-14(17)11-18-13-6-4-12(5-7-13)8-9-15/h4-7H,2-3,8-11,15H2,1H3,(H,16,17). The summed E-state index contributed by atoms with van der Waals surface area (Å²) in [6, 6.07) is 7.67. The van der Waals surface area contributed by atoms with Crippen LogP contribution in [0, 0.1) is 0 Å². The monoisotopic (exact) mass is 250 g/mol. The van der Waals surface area contributed by atoms with E-state index < -0.39 is 0 Å². The number of hydrogen-bond donors (Lipinski definition) is 2. The second-order valence-corrected chi connectivity index (χ2v) is 4.17. The average molecular weight is 250 g/mol. The summed E-state index contributed by atoms with van der Waals surface area (Å²) in [6.07, 6.45) is 2.93. The van der Waals surface area contributed by atoms with Crippen molar-refractivity contribution in [2.24, 2.45) is 5.73 Å². The summed E-state index contributed by atoms with van der Waals surface area (Å²) in [5, 5.41) is 2.81. The lowest BCUT2D eigenvalue weighted by atomic mass is 10.1. The van der Waals surface area contributed by atoms with Gasteiger partial charge in [-0.3, -0.25) is 4.79 Å². The van der Waals surface area contributed by atoms with Crippen LogP contribution < -0.4 is 15.8 Å². The molecule has 1 aromatic rings. The van der Waals surface area contributed by atoms with E-state index in [0.717, 1.165) is 19.3 Å². The highest BCUT2D eigenvalue weighted by molar-refractivity contribution is 5.77. The van der Waals surface area contributed by atoms with E-state index in [0.29, 0.717) is 18.8 Å². The molecule has 0 aromatic heterocycles. The Balaban J connectivity index is 2.27. The molecule has 0 radical (unpaired) electrons. The van der Waals surface area contributed by atoms with Crippen molar-refractivity contribution in [2.45, 2.75) is 26.2 Å². The van der Waals surface area contributed by atoms with Gasteiger partial charge in [0.1, 0.15) is 5.75 Å². The van der Waals surface area contributed by atoms with Gasteiger partial charge in [0.2, 0.25) is 0 Å². The molecule has 0 aliphatic heterocycles. The van der Waals surface area contributed by atoms with E-state index in [1.165, 1.54) is 5.56 Å². The van der Waals surface area contributed by atoms with Crippen LogP contribution in [0.5, 0.6) is 5.75 Å². The zero-order chi connectivity index (χ0) is 13.2. The van der Waals surface area contributed by atoms with Gasteiger partial charge in [0.25, 0.3) is 5.91 Å². The largest absolute Gasteiger partial charge is 0.484 e. The normalized spacial score (nSPS) is 10.1. The fraction of sp³-hybridized carbons (Fsp3) is 0.500. The van der Waals surface area contributed by atoms with Crippen LogP contribution in [0.1, 0.15) is 25.3 Å². The van der Waals surface area contributed by atoms with E-state index in [1.54, 1.807) is 0 Å². The summed E-state index contributed by atoms with van der Waals surface area (Å²) < 4.78 is 5.39.